The summed E-state index contributed by atoms with van der Waals surface area (Å²) in [5.74, 6) is -0.295. The van der Waals surface area contributed by atoms with E-state index in [9.17, 15) is 4.79 Å². The second-order valence-corrected chi connectivity index (χ2v) is 2.61. The number of carbonyl (C=O) groups is 1. The Hall–Kier alpha value is -0.730. The molecule has 0 heterocycles. The molecule has 0 bridgehead atoms. The fraction of sp³-hybridized carbons (Fsp3) is 0.875. The molecule has 90 valence electrons. The maximum Gasteiger partial charge on any atom is 0.246 e. The Labute approximate surface area is 88.4 Å². The Morgan fingerprint density at radius 2 is 1.87 bits per heavy atom. The number of hydrogen-bond acceptors (Lipinski definition) is 6. The molecule has 15 heavy (non-hydrogen) atoms. The average Bonchev–Trinajstić information content (AvgIpc) is 2.25. The summed E-state index contributed by atoms with van der Waals surface area (Å²) in [6.07, 6.45) is 0. The summed E-state index contributed by atoms with van der Waals surface area (Å²) in [4.78, 5) is 10.9. The predicted octanol–water partition coefficient (Wildman–Crippen LogP) is -2.37. The van der Waals surface area contributed by atoms with Crippen LogP contribution in [0.3, 0.4) is 0 Å². The van der Waals surface area contributed by atoms with Crippen LogP contribution in [-0.4, -0.2) is 62.6 Å². The highest BCUT2D eigenvalue weighted by atomic mass is 16.7. The first-order valence-electron chi connectivity index (χ1n) is 4.66. The van der Waals surface area contributed by atoms with Crippen molar-refractivity contribution in [1.82, 2.24) is 10.6 Å². The molecule has 0 aliphatic carbocycles. The summed E-state index contributed by atoms with van der Waals surface area (Å²) in [7, 11) is 0. The smallest absolute Gasteiger partial charge is 0.246 e. The summed E-state index contributed by atoms with van der Waals surface area (Å²) in [6.45, 7) is 0.809. The molecular weight excluding hydrogens is 204 g/mol. The lowest BCUT2D eigenvalue weighted by Crippen LogP contribution is -2.30. The third-order valence-corrected chi connectivity index (χ3v) is 1.33. The van der Waals surface area contributed by atoms with Gasteiger partial charge >= 0.3 is 0 Å². The van der Waals surface area contributed by atoms with Gasteiger partial charge in [-0.3, -0.25) is 10.1 Å². The molecule has 0 rings (SSSR count). The van der Waals surface area contributed by atoms with E-state index in [0.29, 0.717) is 6.54 Å². The minimum absolute atomic E-state index is 0.00493. The summed E-state index contributed by atoms with van der Waals surface area (Å²) in [6, 6.07) is 0. The molecule has 1 amide bonds. The van der Waals surface area contributed by atoms with Crippen molar-refractivity contribution in [2.24, 2.45) is 0 Å². The number of amides is 1. The van der Waals surface area contributed by atoms with E-state index in [1.165, 1.54) is 0 Å². The zero-order valence-electron chi connectivity index (χ0n) is 8.57. The zero-order valence-corrected chi connectivity index (χ0v) is 8.57. The second-order valence-electron chi connectivity index (χ2n) is 2.61. The van der Waals surface area contributed by atoms with Crippen LogP contribution in [-0.2, 0) is 14.3 Å². The van der Waals surface area contributed by atoms with Gasteiger partial charge in [-0.2, -0.15) is 0 Å². The molecule has 0 atom stereocenters. The van der Waals surface area contributed by atoms with E-state index in [2.05, 4.69) is 10.6 Å². The lowest BCUT2D eigenvalue weighted by atomic mass is 10.6. The Kier molecular flexibility index (Phi) is 10.8. The SMILES string of the molecule is O=C(COCOCNCCO)NCCO. The Balaban J connectivity index is 3.06. The number of hydrogen-bond donors (Lipinski definition) is 4. The Morgan fingerprint density at radius 1 is 1.13 bits per heavy atom. The highest BCUT2D eigenvalue weighted by Crippen LogP contribution is 1.77. The van der Waals surface area contributed by atoms with Crippen molar-refractivity contribution >= 4 is 5.91 Å². The summed E-state index contributed by atoms with van der Waals surface area (Å²) < 4.78 is 9.77. The zero-order chi connectivity index (χ0) is 11.4. The van der Waals surface area contributed by atoms with E-state index in [4.69, 9.17) is 19.7 Å². The first-order valence-corrected chi connectivity index (χ1v) is 4.66. The van der Waals surface area contributed by atoms with Gasteiger partial charge in [-0.1, -0.05) is 0 Å². The van der Waals surface area contributed by atoms with Crippen LogP contribution >= 0.6 is 0 Å². The third-order valence-electron chi connectivity index (χ3n) is 1.33. The summed E-state index contributed by atoms with van der Waals surface area (Å²) >= 11 is 0. The minimum atomic E-state index is -0.295. The number of rotatable bonds is 10. The summed E-state index contributed by atoms with van der Waals surface area (Å²) in [5.41, 5.74) is 0. The van der Waals surface area contributed by atoms with Crippen molar-refractivity contribution in [2.75, 3.05) is 46.4 Å². The van der Waals surface area contributed by atoms with Gasteiger partial charge in [-0.25, -0.2) is 0 Å². The fourth-order valence-electron chi connectivity index (χ4n) is 0.705. The maximum atomic E-state index is 10.9. The molecule has 0 unspecified atom stereocenters. The van der Waals surface area contributed by atoms with Crippen LogP contribution < -0.4 is 10.6 Å². The topological polar surface area (TPSA) is 100 Å². The fourth-order valence-corrected chi connectivity index (χ4v) is 0.705. The van der Waals surface area contributed by atoms with Crippen molar-refractivity contribution in [1.29, 1.82) is 0 Å². The number of carbonyl (C=O) groups excluding carboxylic acids is 1. The van der Waals surface area contributed by atoms with E-state index in [-0.39, 0.29) is 45.8 Å². The number of aliphatic hydroxyl groups excluding tert-OH is 2. The maximum absolute atomic E-state index is 10.9. The standard InChI is InChI=1S/C8H18N2O5/c11-3-1-9-6-15-7-14-5-8(13)10-2-4-12/h9,11-12H,1-7H2,(H,10,13). The van der Waals surface area contributed by atoms with Gasteiger partial charge in [-0.15, -0.1) is 0 Å². The molecule has 0 aliphatic heterocycles. The highest BCUT2D eigenvalue weighted by Gasteiger charge is 1.98. The van der Waals surface area contributed by atoms with Crippen molar-refractivity contribution in [3.05, 3.63) is 0 Å². The largest absolute Gasteiger partial charge is 0.395 e. The molecule has 7 nitrogen and oxygen atoms in total. The van der Waals surface area contributed by atoms with Crippen molar-refractivity contribution in [3.8, 4) is 0 Å². The van der Waals surface area contributed by atoms with Gasteiger partial charge in [0.05, 0.1) is 19.9 Å². The number of ether oxygens (including phenoxy) is 2. The van der Waals surface area contributed by atoms with Crippen LogP contribution in [0.1, 0.15) is 0 Å². The molecule has 0 aromatic rings. The van der Waals surface area contributed by atoms with E-state index in [1.807, 2.05) is 0 Å². The Morgan fingerprint density at radius 3 is 2.53 bits per heavy atom. The summed E-state index contributed by atoms with van der Waals surface area (Å²) in [5, 5.41) is 22.0. The molecule has 7 heteroatoms. The van der Waals surface area contributed by atoms with Gasteiger partial charge in [-0.05, 0) is 0 Å². The van der Waals surface area contributed by atoms with Crippen molar-refractivity contribution in [3.63, 3.8) is 0 Å². The van der Waals surface area contributed by atoms with Crippen molar-refractivity contribution in [2.45, 2.75) is 0 Å². The highest BCUT2D eigenvalue weighted by molar-refractivity contribution is 5.77. The predicted molar refractivity (Wildman–Crippen MR) is 52.0 cm³/mol. The van der Waals surface area contributed by atoms with Crippen LogP contribution in [0.15, 0.2) is 0 Å². The van der Waals surface area contributed by atoms with E-state index < -0.39 is 0 Å². The van der Waals surface area contributed by atoms with E-state index in [1.54, 1.807) is 0 Å². The van der Waals surface area contributed by atoms with Gasteiger partial charge in [0.2, 0.25) is 5.91 Å². The lowest BCUT2D eigenvalue weighted by molar-refractivity contribution is -0.132. The molecule has 0 aromatic carbocycles. The molecule has 0 spiro atoms. The molecular formula is C8H18N2O5. The first-order chi connectivity index (χ1) is 7.31. The first kappa shape index (κ1) is 14.3. The molecule has 4 N–H and O–H groups in total. The van der Waals surface area contributed by atoms with E-state index >= 15 is 0 Å². The number of aliphatic hydroxyl groups is 2. The molecule has 0 saturated carbocycles. The van der Waals surface area contributed by atoms with Crippen LogP contribution in [0.5, 0.6) is 0 Å². The van der Waals surface area contributed by atoms with Crippen LogP contribution in [0, 0.1) is 0 Å². The third kappa shape index (κ3) is 11.2. The Bertz CT molecular complexity index is 156. The molecule has 0 saturated heterocycles. The molecule has 0 aromatic heterocycles. The van der Waals surface area contributed by atoms with E-state index in [0.717, 1.165) is 0 Å². The van der Waals surface area contributed by atoms with Gasteiger partial charge in [0.25, 0.3) is 0 Å². The molecule has 0 radical (unpaired) electrons. The van der Waals surface area contributed by atoms with Gasteiger partial charge < -0.3 is 25.0 Å². The van der Waals surface area contributed by atoms with Crippen LogP contribution in [0.4, 0.5) is 0 Å². The lowest BCUT2D eigenvalue weighted by Gasteiger charge is -2.06. The molecule has 0 aliphatic rings. The quantitative estimate of drug-likeness (QED) is 0.243. The van der Waals surface area contributed by atoms with Gasteiger partial charge in [0.1, 0.15) is 13.4 Å². The number of nitrogens with one attached hydrogen (secondary N) is 2. The normalized spacial score (nSPS) is 10.3. The van der Waals surface area contributed by atoms with Gasteiger partial charge in [0, 0.05) is 13.1 Å². The van der Waals surface area contributed by atoms with Gasteiger partial charge in [0.15, 0.2) is 0 Å². The minimum Gasteiger partial charge on any atom is -0.395 e. The monoisotopic (exact) mass is 222 g/mol. The van der Waals surface area contributed by atoms with Crippen molar-refractivity contribution < 1.29 is 24.5 Å². The molecule has 0 fully saturated rings. The average molecular weight is 222 g/mol. The van der Waals surface area contributed by atoms with Crippen LogP contribution in [0.2, 0.25) is 0 Å². The van der Waals surface area contributed by atoms with Crippen LogP contribution in [0.25, 0.3) is 0 Å². The second kappa shape index (κ2) is 11.3.